The van der Waals surface area contributed by atoms with E-state index in [-0.39, 0.29) is 31.6 Å². The molecule has 0 aromatic carbocycles. The number of unbranched alkanes of at least 4 members (excludes halogenated alkanes) is 24. The van der Waals surface area contributed by atoms with E-state index in [1.165, 1.54) is 135 Å². The number of ether oxygens (including phenoxy) is 3. The van der Waals surface area contributed by atoms with Crippen molar-refractivity contribution in [3.8, 4) is 0 Å². The Bertz CT molecular complexity index is 1290. The van der Waals surface area contributed by atoms with E-state index >= 15 is 0 Å². The fourth-order valence-corrected chi connectivity index (χ4v) is 7.52. The van der Waals surface area contributed by atoms with Gasteiger partial charge in [0.15, 0.2) is 6.10 Å². The van der Waals surface area contributed by atoms with Crippen molar-refractivity contribution in [1.82, 2.24) is 0 Å². The van der Waals surface area contributed by atoms with E-state index in [1.807, 2.05) is 12.2 Å². The minimum absolute atomic E-state index is 0.106. The van der Waals surface area contributed by atoms with Crippen LogP contribution in [0, 0.1) is 0 Å². The average molecular weight is 919 g/mol. The van der Waals surface area contributed by atoms with Gasteiger partial charge < -0.3 is 14.2 Å². The third-order valence-corrected chi connectivity index (χ3v) is 11.6. The van der Waals surface area contributed by atoms with E-state index in [0.717, 1.165) is 77.0 Å². The SMILES string of the molecule is CC/C=C\C/C=C\C/C=C\C/C=C\C/C=C\C/C=C\CCC(=O)OC(COC(=O)CCCCCCCCCC)COC(=O)CCCCCCCCCCC/C=C\CCCCCCCCCC. The van der Waals surface area contributed by atoms with Crippen LogP contribution in [0.5, 0.6) is 0 Å². The summed E-state index contributed by atoms with van der Waals surface area (Å²) in [5.41, 5.74) is 0. The standard InChI is InChI=1S/C60H102O6/c1-4-7-10-13-16-19-21-23-25-27-29-30-32-33-35-37-39-41-44-47-50-53-59(62)65-56-57(55-64-58(61)52-49-46-43-18-15-12-9-6-3)66-60(63)54-51-48-45-42-40-38-36-34-31-28-26-24-22-20-17-14-11-8-5-2/h8,11,17,20,24,26-27,29,31,34,38,40,45,48,57H,4-7,9-10,12-16,18-19,21-23,25,28,30,32-33,35-37,39,41-44,46-47,49-56H2,1-3H3/b11-8-,20-17-,26-24-,29-27-,34-31-,40-38-,48-45-. The summed E-state index contributed by atoms with van der Waals surface area (Å²) in [5, 5.41) is 0. The third kappa shape index (κ3) is 51.6. The van der Waals surface area contributed by atoms with Crippen LogP contribution in [-0.2, 0) is 28.6 Å². The second kappa shape index (κ2) is 54.2. The molecule has 0 spiro atoms. The van der Waals surface area contributed by atoms with Crippen molar-refractivity contribution in [3.63, 3.8) is 0 Å². The maximum Gasteiger partial charge on any atom is 0.306 e. The first-order chi connectivity index (χ1) is 32.5. The summed E-state index contributed by atoms with van der Waals surface area (Å²) in [6, 6.07) is 0. The average Bonchev–Trinajstić information content (AvgIpc) is 3.31. The lowest BCUT2D eigenvalue weighted by molar-refractivity contribution is -0.166. The number of hydrogen-bond donors (Lipinski definition) is 0. The lowest BCUT2D eigenvalue weighted by Gasteiger charge is -2.18. The minimum atomic E-state index is -0.815. The highest BCUT2D eigenvalue weighted by atomic mass is 16.6. The molecule has 1 unspecified atom stereocenters. The zero-order valence-electron chi connectivity index (χ0n) is 43.2. The van der Waals surface area contributed by atoms with Crippen LogP contribution in [-0.4, -0.2) is 37.2 Å². The number of carbonyl (C=O) groups excluding carboxylic acids is 3. The molecule has 0 aliphatic heterocycles. The molecule has 0 bridgehead atoms. The molecule has 66 heavy (non-hydrogen) atoms. The maximum atomic E-state index is 12.8. The summed E-state index contributed by atoms with van der Waals surface area (Å²) in [7, 11) is 0. The van der Waals surface area contributed by atoms with Gasteiger partial charge in [-0.1, -0.05) is 241 Å². The Morgan fingerprint density at radius 2 is 0.621 bits per heavy atom. The molecule has 0 heterocycles. The highest BCUT2D eigenvalue weighted by Gasteiger charge is 2.19. The zero-order valence-corrected chi connectivity index (χ0v) is 43.2. The topological polar surface area (TPSA) is 78.9 Å². The molecule has 0 aromatic heterocycles. The number of hydrogen-bond acceptors (Lipinski definition) is 6. The van der Waals surface area contributed by atoms with Crippen LogP contribution in [0.15, 0.2) is 85.1 Å². The van der Waals surface area contributed by atoms with Crippen LogP contribution in [0.1, 0.15) is 258 Å². The summed E-state index contributed by atoms with van der Waals surface area (Å²) < 4.78 is 16.7. The first-order valence-corrected chi connectivity index (χ1v) is 27.6. The molecule has 0 amide bonds. The molecule has 0 aliphatic carbocycles. The number of esters is 3. The molecule has 0 fully saturated rings. The second-order valence-corrected chi connectivity index (χ2v) is 18.1. The quantitative estimate of drug-likeness (QED) is 0.0262. The third-order valence-electron chi connectivity index (χ3n) is 11.6. The maximum absolute atomic E-state index is 12.8. The molecule has 0 rings (SSSR count). The molecule has 0 aromatic rings. The fourth-order valence-electron chi connectivity index (χ4n) is 7.52. The van der Waals surface area contributed by atoms with E-state index in [0.29, 0.717) is 19.3 Å². The van der Waals surface area contributed by atoms with E-state index in [1.54, 1.807) is 0 Å². The summed E-state index contributed by atoms with van der Waals surface area (Å²) in [4.78, 5) is 37.9. The highest BCUT2D eigenvalue weighted by molar-refractivity contribution is 5.71. The molecule has 378 valence electrons. The molecular formula is C60H102O6. The number of rotatable bonds is 49. The van der Waals surface area contributed by atoms with Crippen LogP contribution in [0.4, 0.5) is 0 Å². The number of allylic oxidation sites excluding steroid dienone is 14. The van der Waals surface area contributed by atoms with Gasteiger partial charge in [-0.3, -0.25) is 14.4 Å². The van der Waals surface area contributed by atoms with Gasteiger partial charge in [-0.05, 0) is 83.5 Å². The van der Waals surface area contributed by atoms with Gasteiger partial charge in [0.25, 0.3) is 0 Å². The van der Waals surface area contributed by atoms with Crippen molar-refractivity contribution in [1.29, 1.82) is 0 Å². The Labute approximate surface area is 407 Å². The van der Waals surface area contributed by atoms with Crippen molar-refractivity contribution >= 4 is 17.9 Å². The molecule has 0 N–H and O–H groups in total. The Hall–Kier alpha value is -3.41. The molecule has 6 heteroatoms. The Balaban J connectivity index is 4.36. The van der Waals surface area contributed by atoms with E-state index in [2.05, 4.69) is 93.7 Å². The predicted octanol–water partition coefficient (Wildman–Crippen LogP) is 18.4. The van der Waals surface area contributed by atoms with Gasteiger partial charge in [0.05, 0.1) is 0 Å². The predicted molar refractivity (Wildman–Crippen MR) is 284 cm³/mol. The Morgan fingerprint density at radius 1 is 0.318 bits per heavy atom. The molecule has 0 saturated heterocycles. The molecular weight excluding hydrogens is 817 g/mol. The molecule has 0 saturated carbocycles. The van der Waals surface area contributed by atoms with E-state index in [4.69, 9.17) is 14.2 Å². The summed E-state index contributed by atoms with van der Waals surface area (Å²) in [6.45, 7) is 6.44. The lowest BCUT2D eigenvalue weighted by Crippen LogP contribution is -2.30. The van der Waals surface area contributed by atoms with Crippen LogP contribution in [0.25, 0.3) is 0 Å². The molecule has 6 nitrogen and oxygen atoms in total. The molecule has 0 aliphatic rings. The fraction of sp³-hybridized carbons (Fsp3) is 0.717. The van der Waals surface area contributed by atoms with E-state index < -0.39 is 12.1 Å². The molecule has 1 atom stereocenters. The zero-order chi connectivity index (χ0) is 47.9. The number of carbonyl (C=O) groups is 3. The van der Waals surface area contributed by atoms with Gasteiger partial charge in [0.1, 0.15) is 13.2 Å². The van der Waals surface area contributed by atoms with Crippen LogP contribution < -0.4 is 0 Å². The highest BCUT2D eigenvalue weighted by Crippen LogP contribution is 2.15. The van der Waals surface area contributed by atoms with Gasteiger partial charge in [-0.25, -0.2) is 0 Å². The Kier molecular flexibility index (Phi) is 51.4. The van der Waals surface area contributed by atoms with Crippen molar-refractivity contribution in [2.45, 2.75) is 264 Å². The largest absolute Gasteiger partial charge is 0.462 e. The van der Waals surface area contributed by atoms with Crippen LogP contribution in [0.3, 0.4) is 0 Å². The van der Waals surface area contributed by atoms with Gasteiger partial charge in [-0.2, -0.15) is 0 Å². The monoisotopic (exact) mass is 919 g/mol. The first kappa shape index (κ1) is 62.6. The normalized spacial score (nSPS) is 12.7. The van der Waals surface area contributed by atoms with Crippen molar-refractivity contribution in [3.05, 3.63) is 85.1 Å². The van der Waals surface area contributed by atoms with Crippen molar-refractivity contribution in [2.24, 2.45) is 0 Å². The van der Waals surface area contributed by atoms with Crippen LogP contribution >= 0.6 is 0 Å². The van der Waals surface area contributed by atoms with Crippen molar-refractivity contribution in [2.75, 3.05) is 13.2 Å². The van der Waals surface area contributed by atoms with Gasteiger partial charge in [0, 0.05) is 19.3 Å². The van der Waals surface area contributed by atoms with Crippen LogP contribution in [0.2, 0.25) is 0 Å². The smallest absolute Gasteiger partial charge is 0.306 e. The lowest BCUT2D eigenvalue weighted by atomic mass is 10.1. The van der Waals surface area contributed by atoms with Gasteiger partial charge in [0.2, 0.25) is 0 Å². The van der Waals surface area contributed by atoms with Gasteiger partial charge in [-0.15, -0.1) is 0 Å². The summed E-state index contributed by atoms with van der Waals surface area (Å²) in [6.07, 6.45) is 70.3. The Morgan fingerprint density at radius 3 is 0.985 bits per heavy atom. The minimum Gasteiger partial charge on any atom is -0.462 e. The summed E-state index contributed by atoms with van der Waals surface area (Å²) in [5.74, 6) is -0.995. The van der Waals surface area contributed by atoms with Crippen molar-refractivity contribution < 1.29 is 28.6 Å². The van der Waals surface area contributed by atoms with Gasteiger partial charge >= 0.3 is 17.9 Å². The summed E-state index contributed by atoms with van der Waals surface area (Å²) >= 11 is 0. The van der Waals surface area contributed by atoms with E-state index in [9.17, 15) is 14.4 Å². The molecule has 0 radical (unpaired) electrons. The first-order valence-electron chi connectivity index (χ1n) is 27.6. The second-order valence-electron chi connectivity index (χ2n) is 18.1.